The van der Waals surface area contributed by atoms with Crippen molar-refractivity contribution in [3.63, 3.8) is 0 Å². The summed E-state index contributed by atoms with van der Waals surface area (Å²) < 4.78 is 5.65. The van der Waals surface area contributed by atoms with Crippen molar-refractivity contribution in [1.82, 2.24) is 14.9 Å². The Hall–Kier alpha value is -2.47. The molecule has 0 aliphatic carbocycles. The Kier molecular flexibility index (Phi) is 5.05. The van der Waals surface area contributed by atoms with Gasteiger partial charge in [-0.2, -0.15) is 0 Å². The average molecular weight is 326 g/mol. The number of amides is 1. The summed E-state index contributed by atoms with van der Waals surface area (Å²) in [5, 5.41) is 0. The second-order valence-corrected chi connectivity index (χ2v) is 6.19. The lowest BCUT2D eigenvalue weighted by molar-refractivity contribution is 0.0660. The molecule has 3 rings (SSSR count). The summed E-state index contributed by atoms with van der Waals surface area (Å²) in [6, 6.07) is 7.26. The van der Waals surface area contributed by atoms with E-state index in [0.717, 1.165) is 19.4 Å². The predicted molar refractivity (Wildman–Crippen MR) is 90.8 cm³/mol. The van der Waals surface area contributed by atoms with Crippen molar-refractivity contribution >= 4 is 5.91 Å². The van der Waals surface area contributed by atoms with Crippen molar-refractivity contribution in [1.29, 1.82) is 0 Å². The van der Waals surface area contributed by atoms with Crippen LogP contribution in [0.3, 0.4) is 0 Å². The zero-order valence-corrected chi connectivity index (χ0v) is 13.8. The number of nitrogens with two attached hydrogens (primary N) is 1. The number of benzene rings is 1. The first kappa shape index (κ1) is 16.4. The van der Waals surface area contributed by atoms with Crippen LogP contribution in [0.4, 0.5) is 0 Å². The summed E-state index contributed by atoms with van der Waals surface area (Å²) in [5.74, 6) is 1.35. The van der Waals surface area contributed by atoms with E-state index in [1.165, 1.54) is 6.20 Å². The molecule has 1 aliphatic rings. The van der Waals surface area contributed by atoms with Gasteiger partial charge in [0, 0.05) is 37.1 Å². The molecule has 0 bridgehead atoms. The van der Waals surface area contributed by atoms with Crippen LogP contribution < -0.4 is 10.5 Å². The van der Waals surface area contributed by atoms with Gasteiger partial charge in [0.15, 0.2) is 0 Å². The molecule has 1 aromatic heterocycles. The fourth-order valence-electron chi connectivity index (χ4n) is 2.96. The summed E-state index contributed by atoms with van der Waals surface area (Å²) >= 11 is 0. The summed E-state index contributed by atoms with van der Waals surface area (Å²) in [4.78, 5) is 22.7. The van der Waals surface area contributed by atoms with Gasteiger partial charge in [-0.3, -0.25) is 9.78 Å². The van der Waals surface area contributed by atoms with Crippen LogP contribution in [0.1, 0.15) is 30.1 Å². The van der Waals surface area contributed by atoms with Crippen molar-refractivity contribution in [2.45, 2.75) is 25.8 Å². The van der Waals surface area contributed by atoms with E-state index in [4.69, 9.17) is 10.5 Å². The third kappa shape index (κ3) is 3.89. The van der Waals surface area contributed by atoms with Crippen molar-refractivity contribution in [2.24, 2.45) is 11.7 Å². The van der Waals surface area contributed by atoms with Crippen LogP contribution in [-0.4, -0.2) is 39.9 Å². The molecule has 1 amide bonds. The molecule has 2 unspecified atom stereocenters. The lowest BCUT2D eigenvalue weighted by Gasteiger charge is -2.34. The molecule has 6 nitrogen and oxygen atoms in total. The molecule has 0 saturated carbocycles. The summed E-state index contributed by atoms with van der Waals surface area (Å²) in [6.45, 7) is 3.50. The molecule has 2 N–H and O–H groups in total. The smallest absolute Gasteiger partial charge is 0.253 e. The van der Waals surface area contributed by atoms with Gasteiger partial charge in [0.2, 0.25) is 5.88 Å². The topological polar surface area (TPSA) is 81.3 Å². The van der Waals surface area contributed by atoms with Crippen molar-refractivity contribution in [3.8, 4) is 11.6 Å². The highest BCUT2D eigenvalue weighted by molar-refractivity contribution is 5.94. The minimum Gasteiger partial charge on any atom is -0.437 e. The monoisotopic (exact) mass is 326 g/mol. The van der Waals surface area contributed by atoms with E-state index < -0.39 is 0 Å². The molecule has 24 heavy (non-hydrogen) atoms. The standard InChI is InChI=1S/C18H22N4O2/c1-13(19)15-5-3-9-22(12-15)18(23)14-4-2-6-16(10-14)24-17-11-20-7-8-21-17/h2,4,6-8,10-11,13,15H,3,5,9,12,19H2,1H3. The second kappa shape index (κ2) is 7.40. The lowest BCUT2D eigenvalue weighted by Crippen LogP contribution is -2.45. The highest BCUT2D eigenvalue weighted by Gasteiger charge is 2.26. The SMILES string of the molecule is CC(N)C1CCCN(C(=O)c2cccc(Oc3cnccn3)c2)C1. The molecule has 0 radical (unpaired) electrons. The molecule has 1 saturated heterocycles. The van der Waals surface area contributed by atoms with Gasteiger partial charge >= 0.3 is 0 Å². The number of piperidine rings is 1. The molecule has 1 fully saturated rings. The van der Waals surface area contributed by atoms with Gasteiger partial charge in [0.25, 0.3) is 5.91 Å². The van der Waals surface area contributed by atoms with E-state index in [2.05, 4.69) is 9.97 Å². The number of aromatic nitrogens is 2. The lowest BCUT2D eigenvalue weighted by atomic mass is 9.92. The number of ether oxygens (including phenoxy) is 1. The third-order valence-electron chi connectivity index (χ3n) is 4.33. The molecular formula is C18H22N4O2. The number of nitrogens with zero attached hydrogens (tertiary/aromatic N) is 3. The van der Waals surface area contributed by atoms with Gasteiger partial charge in [0.1, 0.15) is 5.75 Å². The van der Waals surface area contributed by atoms with Crippen LogP contribution in [0, 0.1) is 5.92 Å². The second-order valence-electron chi connectivity index (χ2n) is 6.19. The van der Waals surface area contributed by atoms with Crippen LogP contribution in [-0.2, 0) is 0 Å². The van der Waals surface area contributed by atoms with E-state index in [1.807, 2.05) is 17.9 Å². The molecule has 2 aromatic rings. The van der Waals surface area contributed by atoms with Gasteiger partial charge in [-0.25, -0.2) is 4.98 Å². The predicted octanol–water partition coefficient (Wildman–Crippen LogP) is 2.47. The Labute approximate surface area is 141 Å². The zero-order valence-electron chi connectivity index (χ0n) is 13.8. The normalized spacial score (nSPS) is 18.9. The van der Waals surface area contributed by atoms with Gasteiger partial charge in [0.05, 0.1) is 6.20 Å². The quantitative estimate of drug-likeness (QED) is 0.933. The fraction of sp³-hybridized carbons (Fsp3) is 0.389. The largest absolute Gasteiger partial charge is 0.437 e. The van der Waals surface area contributed by atoms with Crippen LogP contribution in [0.5, 0.6) is 11.6 Å². The molecule has 2 heterocycles. The van der Waals surface area contributed by atoms with E-state index in [9.17, 15) is 4.79 Å². The summed E-state index contributed by atoms with van der Waals surface area (Å²) in [6.07, 6.45) is 6.75. The van der Waals surface area contributed by atoms with Crippen LogP contribution in [0.15, 0.2) is 42.9 Å². The van der Waals surface area contributed by atoms with E-state index in [1.54, 1.807) is 30.6 Å². The first-order chi connectivity index (χ1) is 11.6. The number of rotatable bonds is 4. The Morgan fingerprint density at radius 2 is 2.29 bits per heavy atom. The molecule has 6 heteroatoms. The highest BCUT2D eigenvalue weighted by Crippen LogP contribution is 2.23. The van der Waals surface area contributed by atoms with Crippen molar-refractivity contribution < 1.29 is 9.53 Å². The number of carbonyl (C=O) groups is 1. The minimum absolute atomic E-state index is 0.0185. The maximum Gasteiger partial charge on any atom is 0.253 e. The maximum absolute atomic E-state index is 12.8. The first-order valence-electron chi connectivity index (χ1n) is 8.22. The number of carbonyl (C=O) groups excluding carboxylic acids is 1. The van der Waals surface area contributed by atoms with E-state index in [-0.39, 0.29) is 11.9 Å². The average Bonchev–Trinajstić information content (AvgIpc) is 2.62. The maximum atomic E-state index is 12.8. The van der Waals surface area contributed by atoms with Crippen LogP contribution in [0.25, 0.3) is 0 Å². The van der Waals surface area contributed by atoms with E-state index >= 15 is 0 Å². The van der Waals surface area contributed by atoms with Crippen molar-refractivity contribution in [3.05, 3.63) is 48.4 Å². The van der Waals surface area contributed by atoms with Gasteiger partial charge < -0.3 is 15.4 Å². The number of hydrogen-bond acceptors (Lipinski definition) is 5. The van der Waals surface area contributed by atoms with Crippen LogP contribution in [0.2, 0.25) is 0 Å². The Morgan fingerprint density at radius 1 is 1.42 bits per heavy atom. The highest BCUT2D eigenvalue weighted by atomic mass is 16.5. The Balaban J connectivity index is 1.72. The molecular weight excluding hydrogens is 304 g/mol. The number of likely N-dealkylation sites (tertiary alicyclic amines) is 1. The first-order valence-corrected chi connectivity index (χ1v) is 8.22. The Morgan fingerprint density at radius 3 is 3.04 bits per heavy atom. The Bertz CT molecular complexity index is 690. The van der Waals surface area contributed by atoms with Gasteiger partial charge in [-0.1, -0.05) is 6.07 Å². The molecule has 1 aliphatic heterocycles. The van der Waals surface area contributed by atoms with Gasteiger partial charge in [-0.05, 0) is 43.9 Å². The molecule has 1 aromatic carbocycles. The third-order valence-corrected chi connectivity index (χ3v) is 4.33. The molecule has 126 valence electrons. The van der Waals surface area contributed by atoms with E-state index in [0.29, 0.717) is 29.7 Å². The number of hydrogen-bond donors (Lipinski definition) is 1. The molecule has 2 atom stereocenters. The van der Waals surface area contributed by atoms with Gasteiger partial charge in [-0.15, -0.1) is 0 Å². The summed E-state index contributed by atoms with van der Waals surface area (Å²) in [5.41, 5.74) is 6.62. The molecule has 0 spiro atoms. The minimum atomic E-state index is 0.0185. The summed E-state index contributed by atoms with van der Waals surface area (Å²) in [7, 11) is 0. The van der Waals surface area contributed by atoms with Crippen molar-refractivity contribution in [2.75, 3.05) is 13.1 Å². The zero-order chi connectivity index (χ0) is 16.9. The fourth-order valence-corrected chi connectivity index (χ4v) is 2.96. The van der Waals surface area contributed by atoms with Crippen LogP contribution >= 0.6 is 0 Å².